The first kappa shape index (κ1) is 24.8. The number of carbonyl (C=O) groups is 1. The van der Waals surface area contributed by atoms with Crippen LogP contribution < -0.4 is 9.52 Å². The average Bonchev–Trinajstić information content (AvgIpc) is 3.15. The van der Waals surface area contributed by atoms with Gasteiger partial charge in [0, 0.05) is 24.9 Å². The molecule has 3 aromatic carbocycles. The lowest BCUT2D eigenvalue weighted by Crippen LogP contribution is -2.19. The van der Waals surface area contributed by atoms with Crippen LogP contribution in [0.5, 0.6) is 0 Å². The lowest BCUT2D eigenvalue weighted by Gasteiger charge is -2.08. The van der Waals surface area contributed by atoms with Gasteiger partial charge in [-0.1, -0.05) is 35.1 Å². The normalized spacial score (nSPS) is 12.3. The van der Waals surface area contributed by atoms with Gasteiger partial charge in [0.05, 0.1) is 21.7 Å². The quantitative estimate of drug-likeness (QED) is 0.387. The van der Waals surface area contributed by atoms with E-state index < -0.39 is 15.9 Å². The largest absolute Gasteiger partial charge is 0.383 e. The molecule has 0 radical (unpaired) electrons. The number of thiazole rings is 1. The van der Waals surface area contributed by atoms with Crippen LogP contribution in [0.3, 0.4) is 0 Å². The summed E-state index contributed by atoms with van der Waals surface area (Å²) in [4.78, 5) is 18.1. The number of hydrogen-bond donors (Lipinski definition) is 1. The number of carbonyl (C=O) groups excluding carboxylic acids is 1. The Kier molecular flexibility index (Phi) is 7.20. The summed E-state index contributed by atoms with van der Waals surface area (Å²) in [5.41, 5.74) is 5.01. The van der Waals surface area contributed by atoms with Crippen molar-refractivity contribution in [3.8, 4) is 0 Å². The Morgan fingerprint density at radius 2 is 1.69 bits per heavy atom. The number of anilines is 1. The molecule has 0 aliphatic carbocycles. The number of methoxy groups -OCH3 is 1. The van der Waals surface area contributed by atoms with Crippen LogP contribution in [0.4, 0.5) is 5.69 Å². The molecule has 0 saturated heterocycles. The molecule has 0 unspecified atom stereocenters. The molecule has 7 nitrogen and oxygen atoms in total. The van der Waals surface area contributed by atoms with E-state index >= 15 is 0 Å². The van der Waals surface area contributed by atoms with Crippen LogP contribution in [-0.2, 0) is 21.3 Å². The summed E-state index contributed by atoms with van der Waals surface area (Å²) in [5, 5.41) is 0. The predicted molar refractivity (Wildman–Crippen MR) is 139 cm³/mol. The molecule has 9 heteroatoms. The molecule has 0 aliphatic rings. The summed E-state index contributed by atoms with van der Waals surface area (Å²) in [7, 11) is -2.08. The monoisotopic (exact) mass is 509 g/mol. The molecule has 35 heavy (non-hydrogen) atoms. The van der Waals surface area contributed by atoms with Crippen LogP contribution in [0.1, 0.15) is 27.0 Å². The average molecular weight is 510 g/mol. The van der Waals surface area contributed by atoms with Gasteiger partial charge in [0.15, 0.2) is 4.80 Å². The highest BCUT2D eigenvalue weighted by atomic mass is 32.2. The lowest BCUT2D eigenvalue weighted by molar-refractivity contribution is 0.0997. The van der Waals surface area contributed by atoms with Crippen molar-refractivity contribution in [2.45, 2.75) is 32.2 Å². The molecule has 0 atom stereocenters. The van der Waals surface area contributed by atoms with Gasteiger partial charge in [-0.2, -0.15) is 4.99 Å². The maximum atomic E-state index is 13.0. The predicted octanol–water partition coefficient (Wildman–Crippen LogP) is 4.82. The second-order valence-corrected chi connectivity index (χ2v) is 11.0. The van der Waals surface area contributed by atoms with E-state index in [0.29, 0.717) is 29.2 Å². The smallest absolute Gasteiger partial charge is 0.279 e. The fraction of sp³-hybridized carbons (Fsp3) is 0.231. The number of ether oxygens (including phenoxy) is 1. The van der Waals surface area contributed by atoms with Gasteiger partial charge >= 0.3 is 0 Å². The third-order valence-corrected chi connectivity index (χ3v) is 8.17. The molecule has 1 aromatic heterocycles. The Labute approximate surface area is 208 Å². The molecule has 1 N–H and O–H groups in total. The number of benzene rings is 3. The molecular weight excluding hydrogens is 482 g/mol. The van der Waals surface area contributed by atoms with E-state index in [1.165, 1.54) is 11.3 Å². The summed E-state index contributed by atoms with van der Waals surface area (Å²) < 4.78 is 36.1. The number of amides is 1. The van der Waals surface area contributed by atoms with E-state index in [2.05, 4.69) is 28.8 Å². The van der Waals surface area contributed by atoms with Crippen molar-refractivity contribution < 1.29 is 17.9 Å². The van der Waals surface area contributed by atoms with Gasteiger partial charge in [0.1, 0.15) is 0 Å². The van der Waals surface area contributed by atoms with Crippen LogP contribution in [0.2, 0.25) is 0 Å². The molecule has 1 heterocycles. The van der Waals surface area contributed by atoms with E-state index in [9.17, 15) is 13.2 Å². The molecule has 4 rings (SSSR count). The van der Waals surface area contributed by atoms with Gasteiger partial charge in [-0.15, -0.1) is 0 Å². The highest BCUT2D eigenvalue weighted by Gasteiger charge is 2.15. The number of nitrogens with one attached hydrogen (secondary N) is 1. The highest BCUT2D eigenvalue weighted by molar-refractivity contribution is 7.92. The van der Waals surface area contributed by atoms with Crippen LogP contribution >= 0.6 is 11.3 Å². The van der Waals surface area contributed by atoms with Crippen molar-refractivity contribution in [1.82, 2.24) is 4.57 Å². The topological polar surface area (TPSA) is 89.8 Å². The van der Waals surface area contributed by atoms with Crippen LogP contribution in [0, 0.1) is 20.8 Å². The Bertz CT molecular complexity index is 1550. The third kappa shape index (κ3) is 5.53. The van der Waals surface area contributed by atoms with Gasteiger partial charge in [-0.05, 0) is 74.4 Å². The third-order valence-electron chi connectivity index (χ3n) is 5.55. The number of hydrogen-bond acceptors (Lipinski definition) is 5. The minimum atomic E-state index is -3.72. The molecule has 0 spiro atoms. The first-order valence-corrected chi connectivity index (χ1v) is 13.4. The first-order chi connectivity index (χ1) is 16.7. The second kappa shape index (κ2) is 10.2. The second-order valence-electron chi connectivity index (χ2n) is 8.37. The lowest BCUT2D eigenvalue weighted by atomic mass is 10.1. The van der Waals surface area contributed by atoms with E-state index in [4.69, 9.17) is 4.74 Å². The molecule has 0 fully saturated rings. The Morgan fingerprint density at radius 3 is 2.34 bits per heavy atom. The molecule has 4 aromatic rings. The Balaban J connectivity index is 1.62. The summed E-state index contributed by atoms with van der Waals surface area (Å²) in [6.45, 7) is 7.06. The van der Waals surface area contributed by atoms with Crippen LogP contribution in [-0.4, -0.2) is 32.6 Å². The number of fused-ring (bicyclic) bond motifs is 1. The Morgan fingerprint density at radius 1 is 1.00 bits per heavy atom. The summed E-state index contributed by atoms with van der Waals surface area (Å²) in [5.74, 6) is -0.398. The van der Waals surface area contributed by atoms with Crippen molar-refractivity contribution in [1.29, 1.82) is 0 Å². The van der Waals surface area contributed by atoms with Crippen molar-refractivity contribution in [3.63, 3.8) is 0 Å². The maximum Gasteiger partial charge on any atom is 0.279 e. The van der Waals surface area contributed by atoms with Crippen molar-refractivity contribution >= 4 is 43.2 Å². The molecule has 0 saturated carbocycles. The number of sulfonamides is 1. The van der Waals surface area contributed by atoms with Crippen LogP contribution in [0.15, 0.2) is 70.6 Å². The molecular formula is C26H27N3O4S2. The minimum Gasteiger partial charge on any atom is -0.383 e. The first-order valence-electron chi connectivity index (χ1n) is 11.1. The SMILES string of the molecule is COCCn1c(=NC(=O)c2ccc(NS(=O)(=O)c3ccc(C)cc3)cc2)sc2c(C)cc(C)cc21. The van der Waals surface area contributed by atoms with E-state index in [0.717, 1.165) is 26.9 Å². The van der Waals surface area contributed by atoms with E-state index in [-0.39, 0.29) is 4.90 Å². The summed E-state index contributed by atoms with van der Waals surface area (Å²) in [6.07, 6.45) is 0. The minimum absolute atomic E-state index is 0.175. The standard InChI is InChI=1S/C26H27N3O4S2/c1-17-5-11-22(12-6-17)35(31,32)28-21-9-7-20(8-10-21)25(30)27-26-29(13-14-33-4)23-16-18(2)15-19(3)24(23)34-26/h5-12,15-16,28H,13-14H2,1-4H3. The fourth-order valence-corrected chi connectivity index (χ4v) is 5.92. The number of aryl methyl sites for hydroxylation is 3. The molecule has 1 amide bonds. The van der Waals surface area contributed by atoms with Gasteiger partial charge in [-0.3, -0.25) is 9.52 Å². The number of nitrogens with zero attached hydrogens (tertiary/aromatic N) is 2. The number of aromatic nitrogens is 1. The van der Waals surface area contributed by atoms with Crippen molar-refractivity contribution in [3.05, 3.63) is 87.7 Å². The maximum absolute atomic E-state index is 13.0. The van der Waals surface area contributed by atoms with E-state index in [1.54, 1.807) is 55.6 Å². The number of rotatable bonds is 7. The zero-order valence-corrected chi connectivity index (χ0v) is 21.7. The fourth-order valence-electron chi connectivity index (χ4n) is 3.76. The van der Waals surface area contributed by atoms with Crippen molar-refractivity contribution in [2.24, 2.45) is 4.99 Å². The van der Waals surface area contributed by atoms with Crippen LogP contribution in [0.25, 0.3) is 10.2 Å². The highest BCUT2D eigenvalue weighted by Crippen LogP contribution is 2.24. The van der Waals surface area contributed by atoms with Gasteiger partial charge < -0.3 is 9.30 Å². The zero-order valence-electron chi connectivity index (χ0n) is 20.0. The molecule has 0 aliphatic heterocycles. The van der Waals surface area contributed by atoms with Gasteiger partial charge in [-0.25, -0.2) is 8.42 Å². The zero-order chi connectivity index (χ0) is 25.2. The molecule has 0 bridgehead atoms. The Hall–Kier alpha value is -3.27. The summed E-state index contributed by atoms with van der Waals surface area (Å²) in [6, 6.07) is 17.1. The molecule has 182 valence electrons. The van der Waals surface area contributed by atoms with Gasteiger partial charge in [0.2, 0.25) is 0 Å². The van der Waals surface area contributed by atoms with Crippen molar-refractivity contribution in [2.75, 3.05) is 18.4 Å². The summed E-state index contributed by atoms with van der Waals surface area (Å²) >= 11 is 1.47. The van der Waals surface area contributed by atoms with Gasteiger partial charge in [0.25, 0.3) is 15.9 Å². The van der Waals surface area contributed by atoms with E-state index in [1.807, 2.05) is 18.4 Å².